The Kier molecular flexibility index (Phi) is 9.75. The molecule has 0 nitrogen and oxygen atoms in total. The Morgan fingerprint density at radius 2 is 1.49 bits per heavy atom. The van der Waals surface area contributed by atoms with Crippen LogP contribution in [-0.4, -0.2) is 0 Å². The number of benzene rings is 2. The van der Waals surface area contributed by atoms with Gasteiger partial charge in [-0.15, -0.1) is 34.1 Å². The molecule has 2 aromatic rings. The van der Waals surface area contributed by atoms with Crippen LogP contribution in [0, 0.1) is 0 Å². The van der Waals surface area contributed by atoms with Crippen LogP contribution in [0.1, 0.15) is 102 Å². The molecule has 0 unspecified atom stereocenters. The maximum Gasteiger partial charge on any atom is 3.00 e. The van der Waals surface area contributed by atoms with Crippen molar-refractivity contribution in [3.63, 3.8) is 0 Å². The third kappa shape index (κ3) is 5.69. The van der Waals surface area contributed by atoms with E-state index in [-0.39, 0.29) is 61.8 Å². The summed E-state index contributed by atoms with van der Waals surface area (Å²) in [4.78, 5) is 0. The molecule has 0 spiro atoms. The van der Waals surface area contributed by atoms with Gasteiger partial charge < -0.3 is 24.8 Å². The molecule has 1 fully saturated rings. The predicted octanol–water partition coefficient (Wildman–Crippen LogP) is 1.43. The number of fused-ring (bicyclic) bond motifs is 3. The van der Waals surface area contributed by atoms with Gasteiger partial charge in [0.05, 0.1) is 0 Å². The second kappa shape index (κ2) is 11.2. The Bertz CT molecular complexity index is 1270. The van der Waals surface area contributed by atoms with Crippen molar-refractivity contribution < 1.29 is 51.0 Å². The van der Waals surface area contributed by atoms with Crippen LogP contribution in [0.3, 0.4) is 0 Å². The van der Waals surface area contributed by atoms with Crippen LogP contribution >= 0.6 is 0 Å². The van der Waals surface area contributed by atoms with Crippen LogP contribution in [0.5, 0.6) is 0 Å². The molecule has 0 amide bonds. The summed E-state index contributed by atoms with van der Waals surface area (Å²) in [6.07, 6.45) is 18.3. The van der Waals surface area contributed by atoms with Crippen molar-refractivity contribution in [1.29, 1.82) is 0 Å². The zero-order valence-corrected chi connectivity index (χ0v) is 26.0. The van der Waals surface area contributed by atoms with E-state index in [2.05, 4.69) is 90.1 Å². The zero-order valence-electron chi connectivity index (χ0n) is 22.0. The van der Waals surface area contributed by atoms with Gasteiger partial charge in [-0.1, -0.05) is 112 Å². The minimum atomic E-state index is 0. The van der Waals surface area contributed by atoms with Gasteiger partial charge in [-0.3, -0.25) is 0 Å². The molecular formula is C32H37Cl2Zr. The number of rotatable bonds is 1. The quantitative estimate of drug-likeness (QED) is 0.381. The molecule has 1 saturated carbocycles. The number of halogens is 2. The SMILES string of the molecule is CC(C)(C)c1ccc2c(c1)[C-]=c1c-2cc(=C2CCCCC2)c(C(C)(C)C)c1C1=CC=CC1.[Cl-].[Cl-].[Zr+3]. The summed E-state index contributed by atoms with van der Waals surface area (Å²) in [5, 5.41) is 2.86. The molecule has 0 aromatic heterocycles. The number of hydrogen-bond acceptors (Lipinski definition) is 0. The second-order valence-corrected chi connectivity index (χ2v) is 12.0. The normalized spacial score (nSPS) is 16.3. The zero-order chi connectivity index (χ0) is 22.7. The van der Waals surface area contributed by atoms with Crippen LogP contribution in [0.25, 0.3) is 28.3 Å². The minimum absolute atomic E-state index is 0. The van der Waals surface area contributed by atoms with Crippen LogP contribution in [-0.2, 0) is 37.0 Å². The summed E-state index contributed by atoms with van der Waals surface area (Å²) in [6, 6.07) is 9.60. The van der Waals surface area contributed by atoms with Gasteiger partial charge >= 0.3 is 26.2 Å². The van der Waals surface area contributed by atoms with Gasteiger partial charge in [0.25, 0.3) is 0 Å². The van der Waals surface area contributed by atoms with E-state index in [1.165, 1.54) is 75.9 Å². The molecule has 3 heteroatoms. The van der Waals surface area contributed by atoms with Gasteiger partial charge in [-0.2, -0.15) is 0 Å². The monoisotopic (exact) mass is 581 g/mol. The summed E-state index contributed by atoms with van der Waals surface area (Å²) in [6.45, 7) is 14.1. The van der Waals surface area contributed by atoms with E-state index in [0.717, 1.165) is 6.42 Å². The second-order valence-electron chi connectivity index (χ2n) is 12.0. The van der Waals surface area contributed by atoms with E-state index in [1.807, 2.05) is 0 Å². The molecule has 0 bridgehead atoms. The van der Waals surface area contributed by atoms with E-state index in [0.29, 0.717) is 0 Å². The van der Waals surface area contributed by atoms with E-state index in [9.17, 15) is 0 Å². The molecular weight excluding hydrogens is 546 g/mol. The van der Waals surface area contributed by atoms with Gasteiger partial charge in [-0.05, 0) is 48.2 Å². The average Bonchev–Trinajstić information content (AvgIpc) is 3.39. The summed E-state index contributed by atoms with van der Waals surface area (Å²) in [5.74, 6) is 0. The Morgan fingerprint density at radius 1 is 0.800 bits per heavy atom. The number of allylic oxidation sites excluding steroid dienone is 4. The Labute approximate surface area is 244 Å². The van der Waals surface area contributed by atoms with E-state index < -0.39 is 0 Å². The Balaban J connectivity index is 0.00000144. The molecule has 0 atom stereocenters. The Morgan fingerprint density at radius 3 is 2.06 bits per heavy atom. The fourth-order valence-electron chi connectivity index (χ4n) is 5.77. The standard InChI is InChI=1S/C32H37.2ClH.Zr/c1-31(2,3)24-16-17-25-23(18-24)19-28-27(25)20-26(21-12-8-7-9-13-21)30(32(4,5)6)29(28)22-14-10-11-15-22;;;/h10-11,14,16-18,20H,7-9,12-13,15H2,1-6H3;2*1H;/q-1;;;+3/p-2. The molecule has 3 aliphatic rings. The van der Waals surface area contributed by atoms with Gasteiger partial charge in [0, 0.05) is 0 Å². The molecule has 3 aliphatic carbocycles. The first kappa shape index (κ1) is 30.3. The fourth-order valence-corrected chi connectivity index (χ4v) is 5.77. The molecule has 183 valence electrons. The van der Waals surface area contributed by atoms with E-state index in [1.54, 1.807) is 11.1 Å². The molecule has 0 saturated heterocycles. The summed E-state index contributed by atoms with van der Waals surface area (Å²) in [7, 11) is 0. The van der Waals surface area contributed by atoms with Crippen LogP contribution in [0.15, 0.2) is 42.5 Å². The molecule has 0 aliphatic heterocycles. The van der Waals surface area contributed by atoms with Crippen LogP contribution in [0.2, 0.25) is 0 Å². The molecule has 1 radical (unpaired) electrons. The van der Waals surface area contributed by atoms with Gasteiger partial charge in [0.15, 0.2) is 0 Å². The van der Waals surface area contributed by atoms with Gasteiger partial charge in [0.2, 0.25) is 0 Å². The van der Waals surface area contributed by atoms with Crippen molar-refractivity contribution in [3.05, 3.63) is 75.2 Å². The van der Waals surface area contributed by atoms with E-state index >= 15 is 0 Å². The third-order valence-corrected chi connectivity index (χ3v) is 7.44. The summed E-state index contributed by atoms with van der Waals surface area (Å²) < 4.78 is 0. The minimum Gasteiger partial charge on any atom is -1.00 e. The first-order chi connectivity index (χ1) is 15.1. The largest absolute Gasteiger partial charge is 3.00 e. The smallest absolute Gasteiger partial charge is 1.00 e. The molecule has 0 N–H and O–H groups in total. The molecule has 0 heterocycles. The van der Waals surface area contributed by atoms with Gasteiger partial charge in [-0.25, -0.2) is 0 Å². The third-order valence-electron chi connectivity index (χ3n) is 7.44. The van der Waals surface area contributed by atoms with E-state index in [4.69, 9.17) is 0 Å². The fraction of sp³-hybridized carbons (Fsp3) is 0.438. The summed E-state index contributed by atoms with van der Waals surface area (Å²) >= 11 is 0. The topological polar surface area (TPSA) is 0 Å². The average molecular weight is 584 g/mol. The predicted molar refractivity (Wildman–Crippen MR) is 139 cm³/mol. The first-order valence-electron chi connectivity index (χ1n) is 12.5. The maximum atomic E-state index is 3.90. The van der Waals surface area contributed by atoms with Crippen molar-refractivity contribution in [3.8, 4) is 11.1 Å². The number of hydrogen-bond donors (Lipinski definition) is 0. The van der Waals surface area contributed by atoms with Crippen LogP contribution in [0.4, 0.5) is 0 Å². The van der Waals surface area contributed by atoms with Crippen molar-refractivity contribution in [2.45, 2.75) is 90.9 Å². The van der Waals surface area contributed by atoms with Crippen molar-refractivity contribution in [2.75, 3.05) is 0 Å². The van der Waals surface area contributed by atoms with Crippen LogP contribution < -0.4 is 35.3 Å². The van der Waals surface area contributed by atoms with Gasteiger partial charge in [0.1, 0.15) is 0 Å². The molecule has 5 rings (SSSR count). The Hall–Kier alpha value is -0.877. The van der Waals surface area contributed by atoms with Crippen molar-refractivity contribution in [1.82, 2.24) is 0 Å². The molecule has 35 heavy (non-hydrogen) atoms. The van der Waals surface area contributed by atoms with Crippen molar-refractivity contribution >= 4 is 17.2 Å². The maximum absolute atomic E-state index is 3.90. The molecule has 2 aromatic carbocycles. The summed E-state index contributed by atoms with van der Waals surface area (Å²) in [5.41, 5.74) is 11.8. The van der Waals surface area contributed by atoms with Crippen molar-refractivity contribution in [2.24, 2.45) is 0 Å². The first-order valence-corrected chi connectivity index (χ1v) is 12.5.